The Labute approximate surface area is 117 Å². The van der Waals surface area contributed by atoms with Crippen molar-refractivity contribution in [1.82, 2.24) is 14.8 Å². The summed E-state index contributed by atoms with van der Waals surface area (Å²) in [7, 11) is 1.60. The molecule has 2 rings (SSSR count). The standard InChI is InChI=1S/C11H11BrFN3OS/c1-17-6-5-16-10(14-15-11(16)18)9-7(12)3-2-4-8(9)13/h2-4H,5-6H2,1H3,(H,15,18). The van der Waals surface area contributed by atoms with E-state index >= 15 is 0 Å². The minimum absolute atomic E-state index is 0.350. The van der Waals surface area contributed by atoms with Crippen LogP contribution in [0.15, 0.2) is 22.7 Å². The van der Waals surface area contributed by atoms with Crippen LogP contribution in [0.5, 0.6) is 0 Å². The van der Waals surface area contributed by atoms with E-state index in [2.05, 4.69) is 26.1 Å². The number of hydrogen-bond donors (Lipinski definition) is 1. The van der Waals surface area contributed by atoms with Crippen LogP contribution in [0.3, 0.4) is 0 Å². The number of H-pyrrole nitrogens is 1. The van der Waals surface area contributed by atoms with E-state index in [4.69, 9.17) is 17.0 Å². The molecule has 0 radical (unpaired) electrons. The van der Waals surface area contributed by atoms with Gasteiger partial charge in [0.15, 0.2) is 10.6 Å². The van der Waals surface area contributed by atoms with Crippen LogP contribution in [-0.2, 0) is 11.3 Å². The average molecular weight is 332 g/mol. The smallest absolute Gasteiger partial charge is 0.195 e. The maximum absolute atomic E-state index is 13.9. The highest BCUT2D eigenvalue weighted by Crippen LogP contribution is 2.29. The van der Waals surface area contributed by atoms with Gasteiger partial charge in [0.05, 0.1) is 18.7 Å². The molecule has 0 atom stereocenters. The Morgan fingerprint density at radius 2 is 2.33 bits per heavy atom. The molecule has 1 aromatic carbocycles. The Kier molecular flexibility index (Phi) is 4.26. The van der Waals surface area contributed by atoms with Gasteiger partial charge in [0, 0.05) is 11.6 Å². The fraction of sp³-hybridized carbons (Fsp3) is 0.273. The average Bonchev–Trinajstić information content (AvgIpc) is 2.68. The maximum atomic E-state index is 13.9. The molecule has 1 heterocycles. The zero-order chi connectivity index (χ0) is 13.1. The van der Waals surface area contributed by atoms with E-state index in [0.29, 0.717) is 33.8 Å². The molecule has 96 valence electrons. The molecule has 0 spiro atoms. The molecule has 0 aliphatic rings. The number of methoxy groups -OCH3 is 1. The molecule has 0 amide bonds. The molecular formula is C11H11BrFN3OS. The number of rotatable bonds is 4. The predicted octanol–water partition coefficient (Wildman–Crippen LogP) is 3.16. The van der Waals surface area contributed by atoms with Gasteiger partial charge in [-0.3, -0.25) is 9.67 Å². The molecule has 0 saturated heterocycles. The molecule has 0 unspecified atom stereocenters. The summed E-state index contributed by atoms with van der Waals surface area (Å²) in [4.78, 5) is 0. The van der Waals surface area contributed by atoms with Gasteiger partial charge in [-0.15, -0.1) is 0 Å². The molecule has 1 N–H and O–H groups in total. The van der Waals surface area contributed by atoms with Crippen LogP contribution >= 0.6 is 28.1 Å². The number of nitrogens with one attached hydrogen (secondary N) is 1. The first-order chi connectivity index (χ1) is 8.65. The lowest BCUT2D eigenvalue weighted by Gasteiger charge is -2.08. The molecule has 2 aromatic rings. The summed E-state index contributed by atoms with van der Waals surface area (Å²) >= 11 is 8.45. The van der Waals surface area contributed by atoms with Gasteiger partial charge in [0.1, 0.15) is 5.82 Å². The summed E-state index contributed by atoms with van der Waals surface area (Å²) in [6.07, 6.45) is 0. The molecule has 1 aromatic heterocycles. The molecule has 0 aliphatic carbocycles. The van der Waals surface area contributed by atoms with Crippen molar-refractivity contribution >= 4 is 28.1 Å². The first-order valence-corrected chi connectivity index (χ1v) is 6.43. The van der Waals surface area contributed by atoms with Crippen molar-refractivity contribution in [3.63, 3.8) is 0 Å². The highest BCUT2D eigenvalue weighted by molar-refractivity contribution is 9.10. The normalized spacial score (nSPS) is 10.8. The van der Waals surface area contributed by atoms with E-state index in [1.165, 1.54) is 6.07 Å². The van der Waals surface area contributed by atoms with E-state index in [1.54, 1.807) is 23.8 Å². The number of hydrogen-bond acceptors (Lipinski definition) is 3. The molecule has 0 saturated carbocycles. The summed E-state index contributed by atoms with van der Waals surface area (Å²) in [5.41, 5.74) is 0.390. The van der Waals surface area contributed by atoms with Gasteiger partial charge in [0.25, 0.3) is 0 Å². The van der Waals surface area contributed by atoms with Crippen LogP contribution in [-0.4, -0.2) is 28.5 Å². The van der Waals surface area contributed by atoms with E-state index in [1.807, 2.05) is 0 Å². The zero-order valence-corrected chi connectivity index (χ0v) is 12.0. The predicted molar refractivity (Wildman–Crippen MR) is 72.4 cm³/mol. The maximum Gasteiger partial charge on any atom is 0.195 e. The quantitative estimate of drug-likeness (QED) is 0.875. The van der Waals surface area contributed by atoms with Crippen LogP contribution < -0.4 is 0 Å². The lowest BCUT2D eigenvalue weighted by molar-refractivity contribution is 0.187. The monoisotopic (exact) mass is 331 g/mol. The van der Waals surface area contributed by atoms with Crippen LogP contribution in [0.2, 0.25) is 0 Å². The SMILES string of the molecule is COCCn1c(-c2c(F)cccc2Br)n[nH]c1=S. The molecule has 0 fully saturated rings. The topological polar surface area (TPSA) is 42.8 Å². The second-order valence-corrected chi connectivity index (χ2v) is 4.83. The minimum atomic E-state index is -0.350. The van der Waals surface area contributed by atoms with Gasteiger partial charge >= 0.3 is 0 Å². The zero-order valence-electron chi connectivity index (χ0n) is 9.61. The molecular weight excluding hydrogens is 321 g/mol. The number of halogens is 2. The van der Waals surface area contributed by atoms with Crippen molar-refractivity contribution < 1.29 is 9.13 Å². The first-order valence-electron chi connectivity index (χ1n) is 5.23. The summed E-state index contributed by atoms with van der Waals surface area (Å²) < 4.78 is 21.7. The Balaban J connectivity index is 2.54. The van der Waals surface area contributed by atoms with Gasteiger partial charge < -0.3 is 4.74 Å². The van der Waals surface area contributed by atoms with Gasteiger partial charge in [0.2, 0.25) is 0 Å². The minimum Gasteiger partial charge on any atom is -0.383 e. The first kappa shape index (κ1) is 13.4. The van der Waals surface area contributed by atoms with E-state index in [9.17, 15) is 4.39 Å². The summed E-state index contributed by atoms with van der Waals surface area (Å²) in [5, 5.41) is 6.75. The molecule has 0 bridgehead atoms. The van der Waals surface area contributed by atoms with Crippen molar-refractivity contribution in [3.8, 4) is 11.4 Å². The van der Waals surface area contributed by atoms with Crippen molar-refractivity contribution in [3.05, 3.63) is 33.3 Å². The van der Waals surface area contributed by atoms with Crippen LogP contribution in [0, 0.1) is 10.6 Å². The number of aromatic nitrogens is 3. The highest BCUT2D eigenvalue weighted by atomic mass is 79.9. The van der Waals surface area contributed by atoms with Gasteiger partial charge in [-0.2, -0.15) is 5.10 Å². The third kappa shape index (κ3) is 2.52. The van der Waals surface area contributed by atoms with Crippen LogP contribution in [0.4, 0.5) is 4.39 Å². The van der Waals surface area contributed by atoms with E-state index < -0.39 is 0 Å². The Bertz CT molecular complexity index is 590. The summed E-state index contributed by atoms with van der Waals surface area (Å²) in [6.45, 7) is 0.995. The van der Waals surface area contributed by atoms with Crippen LogP contribution in [0.25, 0.3) is 11.4 Å². The second-order valence-electron chi connectivity index (χ2n) is 3.59. The number of ether oxygens (including phenoxy) is 1. The largest absolute Gasteiger partial charge is 0.383 e. The van der Waals surface area contributed by atoms with E-state index in [0.717, 1.165) is 0 Å². The lowest BCUT2D eigenvalue weighted by atomic mass is 10.2. The van der Waals surface area contributed by atoms with Crippen molar-refractivity contribution in [1.29, 1.82) is 0 Å². The van der Waals surface area contributed by atoms with Crippen molar-refractivity contribution in [2.75, 3.05) is 13.7 Å². The highest BCUT2D eigenvalue weighted by Gasteiger charge is 2.16. The van der Waals surface area contributed by atoms with Crippen molar-refractivity contribution in [2.24, 2.45) is 0 Å². The molecule has 4 nitrogen and oxygen atoms in total. The summed E-state index contributed by atoms with van der Waals surface area (Å²) in [5.74, 6) is 0.110. The van der Waals surface area contributed by atoms with Gasteiger partial charge in [-0.05, 0) is 40.3 Å². The Hall–Kier alpha value is -1.05. The Morgan fingerprint density at radius 1 is 1.56 bits per heavy atom. The second kappa shape index (κ2) is 5.73. The van der Waals surface area contributed by atoms with Crippen LogP contribution in [0.1, 0.15) is 0 Å². The van der Waals surface area contributed by atoms with Gasteiger partial charge in [-0.25, -0.2) is 4.39 Å². The summed E-state index contributed by atoms with van der Waals surface area (Å²) in [6, 6.07) is 4.78. The Morgan fingerprint density at radius 3 is 3.00 bits per heavy atom. The molecule has 7 heteroatoms. The molecule has 0 aliphatic heterocycles. The molecule has 18 heavy (non-hydrogen) atoms. The lowest BCUT2D eigenvalue weighted by Crippen LogP contribution is -2.07. The fourth-order valence-electron chi connectivity index (χ4n) is 1.61. The fourth-order valence-corrected chi connectivity index (χ4v) is 2.35. The van der Waals surface area contributed by atoms with Gasteiger partial charge in [-0.1, -0.05) is 6.07 Å². The van der Waals surface area contributed by atoms with E-state index in [-0.39, 0.29) is 5.82 Å². The third-order valence-corrected chi connectivity index (χ3v) is 3.44. The number of nitrogens with zero attached hydrogens (tertiary/aromatic N) is 2. The number of aromatic amines is 1. The van der Waals surface area contributed by atoms with Crippen molar-refractivity contribution in [2.45, 2.75) is 6.54 Å². The number of benzene rings is 1. The third-order valence-electron chi connectivity index (χ3n) is 2.46.